The van der Waals surface area contributed by atoms with Crippen LogP contribution in [-0.2, 0) is 33.3 Å². The zero-order valence-corrected chi connectivity index (χ0v) is 59.9. The molecule has 524 valence electrons. The molecule has 0 fully saturated rings. The number of rotatable bonds is 70. The molecule has 2 atom stereocenters. The number of ether oxygens (including phenoxy) is 4. The van der Waals surface area contributed by atoms with Gasteiger partial charge in [-0.2, -0.15) is 0 Å². The Kier molecular flexibility index (Phi) is 68.6. The molecule has 0 bridgehead atoms. The lowest BCUT2D eigenvalue weighted by molar-refractivity contribution is -0.870. The van der Waals surface area contributed by atoms with Gasteiger partial charge in [0.15, 0.2) is 12.4 Å². The van der Waals surface area contributed by atoms with Crippen LogP contribution in [0.15, 0.2) is 109 Å². The Morgan fingerprint density at radius 2 is 0.626 bits per heavy atom. The van der Waals surface area contributed by atoms with Gasteiger partial charge in [0, 0.05) is 12.8 Å². The first-order valence-corrected chi connectivity index (χ1v) is 38.0. The van der Waals surface area contributed by atoms with Crippen LogP contribution < -0.4 is 5.11 Å². The number of carbonyl (C=O) groups is 3. The van der Waals surface area contributed by atoms with Crippen LogP contribution in [-0.4, -0.2) is 82.3 Å². The molecule has 0 aliphatic heterocycles. The highest BCUT2D eigenvalue weighted by Crippen LogP contribution is 2.18. The van der Waals surface area contributed by atoms with Crippen LogP contribution in [0.4, 0.5) is 0 Å². The number of nitrogens with zero attached hydrogens (tertiary/aromatic N) is 1. The van der Waals surface area contributed by atoms with Crippen molar-refractivity contribution >= 4 is 17.9 Å². The van der Waals surface area contributed by atoms with Gasteiger partial charge >= 0.3 is 11.9 Å². The normalized spacial score (nSPS) is 13.3. The van der Waals surface area contributed by atoms with E-state index in [1.165, 1.54) is 205 Å². The first-order chi connectivity index (χ1) is 44.6. The third-order valence-corrected chi connectivity index (χ3v) is 16.5. The van der Waals surface area contributed by atoms with Crippen molar-refractivity contribution < 1.29 is 42.9 Å². The Morgan fingerprint density at radius 1 is 0.341 bits per heavy atom. The van der Waals surface area contributed by atoms with Crippen molar-refractivity contribution in [1.29, 1.82) is 0 Å². The number of allylic oxidation sites excluding steroid dienone is 18. The van der Waals surface area contributed by atoms with Gasteiger partial charge < -0.3 is 33.3 Å². The zero-order chi connectivity index (χ0) is 66.1. The maximum Gasteiger partial charge on any atom is 0.306 e. The molecule has 0 aromatic rings. The van der Waals surface area contributed by atoms with E-state index in [1.807, 2.05) is 21.1 Å². The first-order valence-electron chi connectivity index (χ1n) is 38.0. The molecule has 0 spiro atoms. The second kappa shape index (κ2) is 71.8. The molecule has 0 aromatic carbocycles. The summed E-state index contributed by atoms with van der Waals surface area (Å²) in [4.78, 5) is 37.6. The topological polar surface area (TPSA) is 111 Å². The summed E-state index contributed by atoms with van der Waals surface area (Å²) in [6.07, 6.45) is 97.6. The molecule has 91 heavy (non-hydrogen) atoms. The van der Waals surface area contributed by atoms with Gasteiger partial charge in [0.25, 0.3) is 0 Å². The molecule has 0 aliphatic carbocycles. The van der Waals surface area contributed by atoms with Crippen molar-refractivity contribution in [3.05, 3.63) is 109 Å². The number of unbranched alkanes of at least 4 members (excludes halogenated alkanes) is 37. The fraction of sp³-hybridized carbons (Fsp3) is 0.744. The van der Waals surface area contributed by atoms with Crippen LogP contribution in [0.3, 0.4) is 0 Å². The predicted octanol–water partition coefficient (Wildman–Crippen LogP) is 22.8. The van der Waals surface area contributed by atoms with Crippen LogP contribution in [0, 0.1) is 0 Å². The summed E-state index contributed by atoms with van der Waals surface area (Å²) in [5.74, 6) is -2.28. The van der Waals surface area contributed by atoms with Crippen LogP contribution in [0.1, 0.15) is 335 Å². The number of hydrogen-bond donors (Lipinski definition) is 0. The maximum atomic E-state index is 13.0. The molecule has 9 nitrogen and oxygen atoms in total. The summed E-state index contributed by atoms with van der Waals surface area (Å²) in [5, 5.41) is 11.8. The zero-order valence-electron chi connectivity index (χ0n) is 59.9. The Balaban J connectivity index is 4.07. The summed E-state index contributed by atoms with van der Waals surface area (Å²) in [5.41, 5.74) is 0. The van der Waals surface area contributed by atoms with Gasteiger partial charge in [-0.25, -0.2) is 0 Å². The number of likely N-dealkylation sites (N-methyl/N-ethyl adjacent to an activating group) is 1. The molecule has 0 amide bonds. The number of aliphatic carboxylic acids is 1. The quantitative estimate of drug-likeness (QED) is 0.0195. The predicted molar refractivity (Wildman–Crippen MR) is 389 cm³/mol. The summed E-state index contributed by atoms with van der Waals surface area (Å²) in [7, 11) is 5.94. The fourth-order valence-electron chi connectivity index (χ4n) is 10.7. The summed E-state index contributed by atoms with van der Waals surface area (Å²) < 4.78 is 22.8. The number of carboxylic acid groups (broad SMARTS) is 1. The SMILES string of the molecule is CC/C=C\C/C=C\C/C=C\C/C=C\C/C=C\C/C=C\C/C=C\CCCCCCCCCCCCCC(=O)OC(COC(=O)CCCCCCCCCCCCCCCCCCCCCCC/C=C\C/C=C\CCCCCCC)COC(OCC[N+](C)(C)C)C(=O)[O-]. The Hall–Kier alpha value is -4.05. The number of carbonyl (C=O) groups excluding carboxylic acids is 3. The third kappa shape index (κ3) is 73.2. The van der Waals surface area contributed by atoms with Crippen molar-refractivity contribution in [2.45, 2.75) is 347 Å². The lowest BCUT2D eigenvalue weighted by Gasteiger charge is -2.26. The van der Waals surface area contributed by atoms with Crippen molar-refractivity contribution in [1.82, 2.24) is 0 Å². The van der Waals surface area contributed by atoms with E-state index in [9.17, 15) is 19.5 Å². The molecular weight excluding hydrogens is 1130 g/mol. The van der Waals surface area contributed by atoms with E-state index in [0.717, 1.165) is 96.3 Å². The molecule has 0 heterocycles. The van der Waals surface area contributed by atoms with Crippen molar-refractivity contribution in [2.24, 2.45) is 0 Å². The molecule has 0 radical (unpaired) electrons. The summed E-state index contributed by atoms with van der Waals surface area (Å²) >= 11 is 0. The van der Waals surface area contributed by atoms with Gasteiger partial charge in [-0.3, -0.25) is 9.59 Å². The molecule has 0 N–H and O–H groups in total. The van der Waals surface area contributed by atoms with Gasteiger partial charge in [-0.1, -0.05) is 329 Å². The molecule has 0 saturated heterocycles. The average Bonchev–Trinajstić information content (AvgIpc) is 3.46. The van der Waals surface area contributed by atoms with Crippen LogP contribution >= 0.6 is 0 Å². The van der Waals surface area contributed by atoms with E-state index >= 15 is 0 Å². The van der Waals surface area contributed by atoms with E-state index in [2.05, 4.69) is 123 Å². The van der Waals surface area contributed by atoms with E-state index in [1.54, 1.807) is 0 Å². The summed E-state index contributed by atoms with van der Waals surface area (Å²) in [6, 6.07) is 0. The third-order valence-electron chi connectivity index (χ3n) is 16.5. The maximum absolute atomic E-state index is 13.0. The molecule has 9 heteroatoms. The number of quaternary nitrogens is 1. The lowest BCUT2D eigenvalue weighted by atomic mass is 10.0. The molecule has 0 rings (SSSR count). The number of esters is 2. The molecular formula is C82H143NO8. The van der Waals surface area contributed by atoms with Crippen molar-refractivity contribution in [3.63, 3.8) is 0 Å². The molecule has 0 aliphatic rings. The van der Waals surface area contributed by atoms with Crippen molar-refractivity contribution in [2.75, 3.05) is 47.5 Å². The molecule has 0 saturated carbocycles. The smallest absolute Gasteiger partial charge is 0.306 e. The molecule has 2 unspecified atom stereocenters. The van der Waals surface area contributed by atoms with Crippen LogP contribution in [0.25, 0.3) is 0 Å². The van der Waals surface area contributed by atoms with E-state index in [-0.39, 0.29) is 32.2 Å². The minimum Gasteiger partial charge on any atom is -0.545 e. The lowest BCUT2D eigenvalue weighted by Crippen LogP contribution is -2.44. The second-order valence-corrected chi connectivity index (χ2v) is 26.6. The Bertz CT molecular complexity index is 1870. The standard InChI is InChI=1S/C82H143NO8/c1-6-8-10-12-14-16-18-20-22-24-26-28-30-32-34-36-38-40-42-44-46-48-50-52-54-56-58-60-62-64-66-68-70-72-79(84)89-76-78(77-90-82(81(86)87)88-75-74-83(3,4)5)91-80(85)73-71-69-67-65-63-61-59-57-55-53-51-49-47-45-43-41-39-37-35-33-31-29-27-25-23-21-19-17-15-13-11-9-7-2/h9,11,15,17-18,20-21,23-24,26-27,29,33,35,39,41,45,47,78,82H,6-8,10,12-14,16,19,22,25,28,30-32,34,36-38,40,42-44,46,48-77H2,1-5H3/b11-9-,17-15-,20-18-,23-21-,26-24-,29-27-,35-33-,41-39-,47-45-. The first kappa shape index (κ1) is 87.0. The van der Waals surface area contributed by atoms with Crippen LogP contribution in [0.5, 0.6) is 0 Å². The van der Waals surface area contributed by atoms with Crippen molar-refractivity contribution in [3.8, 4) is 0 Å². The molecule has 0 aromatic heterocycles. The Labute approximate surface area is 562 Å². The highest BCUT2D eigenvalue weighted by Gasteiger charge is 2.22. The van der Waals surface area contributed by atoms with Gasteiger partial charge in [0.1, 0.15) is 13.2 Å². The minimum atomic E-state index is -1.63. The highest BCUT2D eigenvalue weighted by molar-refractivity contribution is 5.70. The van der Waals surface area contributed by atoms with Crippen LogP contribution in [0.2, 0.25) is 0 Å². The van der Waals surface area contributed by atoms with E-state index in [0.29, 0.717) is 23.9 Å². The minimum absolute atomic E-state index is 0.144. The number of hydrogen-bond acceptors (Lipinski definition) is 8. The largest absolute Gasteiger partial charge is 0.545 e. The van der Waals surface area contributed by atoms with E-state index < -0.39 is 24.3 Å². The monoisotopic (exact) mass is 1270 g/mol. The van der Waals surface area contributed by atoms with Gasteiger partial charge in [-0.15, -0.1) is 0 Å². The second-order valence-electron chi connectivity index (χ2n) is 26.6. The Morgan fingerprint density at radius 3 is 0.934 bits per heavy atom. The average molecular weight is 1270 g/mol. The van der Waals surface area contributed by atoms with Gasteiger partial charge in [0.05, 0.1) is 40.3 Å². The van der Waals surface area contributed by atoms with Gasteiger partial charge in [-0.05, 0) is 103 Å². The summed E-state index contributed by atoms with van der Waals surface area (Å²) in [6.45, 7) is 4.65. The van der Waals surface area contributed by atoms with Gasteiger partial charge in [0.2, 0.25) is 0 Å². The highest BCUT2D eigenvalue weighted by atomic mass is 16.7. The number of carboxylic acids is 1. The van der Waals surface area contributed by atoms with E-state index in [4.69, 9.17) is 18.9 Å². The fourth-order valence-corrected chi connectivity index (χ4v) is 10.7.